The minimum Gasteiger partial charge on any atom is -0.500 e. The maximum absolute atomic E-state index is 13.1. The second-order valence-electron chi connectivity index (χ2n) is 7.70. The molecule has 1 fully saturated rings. The zero-order chi connectivity index (χ0) is 19.4. The molecule has 1 aliphatic carbocycles. The average molecular weight is 387 g/mol. The fourth-order valence-corrected chi connectivity index (χ4v) is 4.63. The highest BCUT2D eigenvalue weighted by Gasteiger charge is 2.32. The number of hydrogen-bond acceptors (Lipinski definition) is 3. The highest BCUT2D eigenvalue weighted by atomic mass is 35.5. The first-order valence-corrected chi connectivity index (χ1v) is 10.0. The Morgan fingerprint density at radius 3 is 2.41 bits per heavy atom. The summed E-state index contributed by atoms with van der Waals surface area (Å²) in [6.07, 6.45) is 4.71. The number of rotatable bonds is 4. The van der Waals surface area contributed by atoms with Crippen LogP contribution in [0.15, 0.2) is 17.9 Å². The molecular formula is C23H27ClO3. The van der Waals surface area contributed by atoms with E-state index in [4.69, 9.17) is 21.1 Å². The van der Waals surface area contributed by atoms with Gasteiger partial charge < -0.3 is 9.47 Å². The Bertz CT molecular complexity index is 784. The summed E-state index contributed by atoms with van der Waals surface area (Å²) in [6, 6.07) is 3.97. The van der Waals surface area contributed by atoms with Gasteiger partial charge >= 0.3 is 0 Å². The monoisotopic (exact) mass is 386 g/mol. The van der Waals surface area contributed by atoms with Crippen molar-refractivity contribution in [2.24, 2.45) is 11.8 Å². The van der Waals surface area contributed by atoms with Crippen LogP contribution in [0.5, 0.6) is 0 Å². The van der Waals surface area contributed by atoms with Crippen molar-refractivity contribution in [1.29, 1.82) is 0 Å². The molecule has 1 saturated heterocycles. The normalized spacial score (nSPS) is 21.0. The quantitative estimate of drug-likeness (QED) is 0.683. The van der Waals surface area contributed by atoms with Crippen molar-refractivity contribution >= 4 is 23.0 Å². The molecule has 4 heteroatoms. The molecule has 3 rings (SSSR count). The molecule has 3 nitrogen and oxygen atoms in total. The third-order valence-electron chi connectivity index (χ3n) is 5.73. The Kier molecular flexibility index (Phi) is 6.63. The summed E-state index contributed by atoms with van der Waals surface area (Å²) in [6.45, 7) is 5.73. The molecule has 1 atom stereocenters. The number of carbonyl (C=O) groups excluding carboxylic acids is 1. The summed E-state index contributed by atoms with van der Waals surface area (Å²) < 4.78 is 11.2. The average Bonchev–Trinajstić information content (AvgIpc) is 2.63. The van der Waals surface area contributed by atoms with Crippen LogP contribution in [-0.2, 0) is 14.3 Å². The fraction of sp³-hybridized carbons (Fsp3) is 0.522. The largest absolute Gasteiger partial charge is 0.500 e. The smallest absolute Gasteiger partial charge is 0.167 e. The second kappa shape index (κ2) is 8.95. The summed E-state index contributed by atoms with van der Waals surface area (Å²) in [5.74, 6) is 4.92. The molecule has 0 bridgehead atoms. The topological polar surface area (TPSA) is 35.5 Å². The molecule has 0 amide bonds. The first kappa shape index (κ1) is 20.0. The van der Waals surface area contributed by atoms with Gasteiger partial charge in [0.1, 0.15) is 5.76 Å². The van der Waals surface area contributed by atoms with E-state index >= 15 is 0 Å². The number of ether oxygens (including phenoxy) is 2. The van der Waals surface area contributed by atoms with Gasteiger partial charge in [-0.05, 0) is 91.3 Å². The van der Waals surface area contributed by atoms with Gasteiger partial charge in [-0.15, -0.1) is 0 Å². The van der Waals surface area contributed by atoms with Gasteiger partial charge in [0.25, 0.3) is 0 Å². The van der Waals surface area contributed by atoms with Gasteiger partial charge in [-0.3, -0.25) is 4.79 Å². The van der Waals surface area contributed by atoms with Gasteiger partial charge in [0.05, 0.1) is 12.7 Å². The number of aryl methyl sites for hydroxylation is 2. The van der Waals surface area contributed by atoms with Crippen LogP contribution in [0.25, 0.3) is 5.57 Å². The predicted octanol–water partition coefficient (Wildman–Crippen LogP) is 5.00. The van der Waals surface area contributed by atoms with E-state index in [0.29, 0.717) is 18.3 Å². The van der Waals surface area contributed by atoms with E-state index in [1.54, 1.807) is 7.11 Å². The van der Waals surface area contributed by atoms with E-state index in [-0.39, 0.29) is 5.78 Å². The van der Waals surface area contributed by atoms with Crippen LogP contribution in [0.1, 0.15) is 54.4 Å². The summed E-state index contributed by atoms with van der Waals surface area (Å²) in [5, 5.41) is 2.42. The van der Waals surface area contributed by atoms with Crippen LogP contribution in [-0.4, -0.2) is 26.1 Å². The summed E-state index contributed by atoms with van der Waals surface area (Å²) in [5.41, 5.74) is 4.67. The van der Waals surface area contributed by atoms with Crippen LogP contribution in [0, 0.1) is 37.0 Å². The molecule has 0 radical (unpaired) electrons. The summed E-state index contributed by atoms with van der Waals surface area (Å²) >= 11 is 5.54. The van der Waals surface area contributed by atoms with Crippen molar-refractivity contribution in [2.75, 3.05) is 20.3 Å². The fourth-order valence-electron chi connectivity index (χ4n) is 4.53. The molecule has 1 unspecified atom stereocenters. The Morgan fingerprint density at radius 2 is 1.81 bits per heavy atom. The third-order valence-corrected chi connectivity index (χ3v) is 5.83. The van der Waals surface area contributed by atoms with E-state index < -0.39 is 0 Å². The standard InChI is InChI=1S/C23H27ClO3/c1-15-10-18(4-7-24)11-16(2)22(15)23-20(25)13-19(14-21(23)26-3)12-17-5-8-27-9-6-17/h10-11,17,19H,5-6,8-9,12-14H2,1-3H3. The Hall–Kier alpha value is -1.76. The lowest BCUT2D eigenvalue weighted by Gasteiger charge is -2.31. The van der Waals surface area contributed by atoms with Crippen molar-refractivity contribution in [3.05, 3.63) is 40.1 Å². The van der Waals surface area contributed by atoms with Gasteiger partial charge in [0.15, 0.2) is 5.78 Å². The number of hydrogen-bond donors (Lipinski definition) is 0. The van der Waals surface area contributed by atoms with Gasteiger partial charge in [-0.25, -0.2) is 0 Å². The lowest BCUT2D eigenvalue weighted by atomic mass is 9.77. The van der Waals surface area contributed by atoms with E-state index in [2.05, 4.69) is 11.3 Å². The molecule has 2 aliphatic rings. The third kappa shape index (κ3) is 4.57. The second-order valence-corrected chi connectivity index (χ2v) is 7.88. The van der Waals surface area contributed by atoms with E-state index in [1.165, 1.54) is 0 Å². The van der Waals surface area contributed by atoms with Gasteiger partial charge in [-0.2, -0.15) is 0 Å². The summed E-state index contributed by atoms with van der Waals surface area (Å²) in [4.78, 5) is 13.1. The molecule has 144 valence electrons. The summed E-state index contributed by atoms with van der Waals surface area (Å²) in [7, 11) is 1.68. The van der Waals surface area contributed by atoms with Gasteiger partial charge in [-0.1, -0.05) is 0 Å². The molecule has 1 aromatic rings. The van der Waals surface area contributed by atoms with Gasteiger partial charge in [0.2, 0.25) is 0 Å². The van der Waals surface area contributed by atoms with Crippen molar-refractivity contribution < 1.29 is 14.3 Å². The van der Waals surface area contributed by atoms with Crippen molar-refractivity contribution in [2.45, 2.75) is 46.0 Å². The first-order valence-electron chi connectivity index (χ1n) is 9.64. The van der Waals surface area contributed by atoms with Crippen LogP contribution in [0.4, 0.5) is 0 Å². The number of Topliss-reactive ketones (excluding diaryl/α,β-unsaturated/α-hetero) is 1. The molecule has 0 N–H and O–H groups in total. The SMILES string of the molecule is COC1=C(c2c(C)cc(C#CCl)cc2C)C(=O)CC(CC2CCOCC2)C1. The Morgan fingerprint density at radius 1 is 1.15 bits per heavy atom. The zero-order valence-corrected chi connectivity index (χ0v) is 17.1. The number of halogens is 1. The van der Waals surface area contributed by atoms with E-state index in [1.807, 2.05) is 26.0 Å². The van der Waals surface area contributed by atoms with Crippen LogP contribution < -0.4 is 0 Å². The first-order chi connectivity index (χ1) is 13.0. The number of methoxy groups -OCH3 is 1. The Labute approximate surface area is 167 Å². The minimum atomic E-state index is 0.192. The zero-order valence-electron chi connectivity index (χ0n) is 16.4. The number of carbonyl (C=O) groups is 1. The molecule has 0 spiro atoms. The number of allylic oxidation sites excluding steroid dienone is 2. The Balaban J connectivity index is 1.90. The van der Waals surface area contributed by atoms with Crippen molar-refractivity contribution in [1.82, 2.24) is 0 Å². The molecule has 1 aromatic carbocycles. The van der Waals surface area contributed by atoms with E-state index in [0.717, 1.165) is 72.5 Å². The van der Waals surface area contributed by atoms with Crippen LogP contribution in [0.2, 0.25) is 0 Å². The maximum atomic E-state index is 13.1. The van der Waals surface area contributed by atoms with Crippen molar-refractivity contribution in [3.63, 3.8) is 0 Å². The van der Waals surface area contributed by atoms with Crippen LogP contribution in [0.3, 0.4) is 0 Å². The molecular weight excluding hydrogens is 360 g/mol. The molecule has 1 aliphatic heterocycles. The van der Waals surface area contributed by atoms with Crippen LogP contribution >= 0.6 is 11.6 Å². The van der Waals surface area contributed by atoms with E-state index in [9.17, 15) is 4.79 Å². The molecule has 1 heterocycles. The van der Waals surface area contributed by atoms with Crippen molar-refractivity contribution in [3.8, 4) is 11.3 Å². The molecule has 27 heavy (non-hydrogen) atoms. The number of benzene rings is 1. The molecule has 0 aromatic heterocycles. The lowest BCUT2D eigenvalue weighted by Crippen LogP contribution is -2.25. The minimum absolute atomic E-state index is 0.192. The predicted molar refractivity (Wildman–Crippen MR) is 108 cm³/mol. The highest BCUT2D eigenvalue weighted by molar-refractivity contribution is 6.30. The number of ketones is 1. The molecule has 0 saturated carbocycles. The highest BCUT2D eigenvalue weighted by Crippen LogP contribution is 2.39. The van der Waals surface area contributed by atoms with Gasteiger partial charge in [0, 0.05) is 37.0 Å². The lowest BCUT2D eigenvalue weighted by molar-refractivity contribution is -0.115. The maximum Gasteiger partial charge on any atom is 0.167 e.